The molecule has 0 unspecified atom stereocenters. The van der Waals surface area contributed by atoms with Crippen molar-refractivity contribution in [2.45, 2.75) is 36.9 Å². The second kappa shape index (κ2) is 14.0. The molecule has 3 aromatic carbocycles. The van der Waals surface area contributed by atoms with Gasteiger partial charge in [-0.15, -0.1) is 0 Å². The number of nitrogens with zero attached hydrogens (tertiary/aromatic N) is 2. The molecule has 2 aliphatic heterocycles. The average Bonchev–Trinajstić information content (AvgIpc) is 3.48. The van der Waals surface area contributed by atoms with Crippen LogP contribution in [0.3, 0.4) is 0 Å². The van der Waals surface area contributed by atoms with Gasteiger partial charge in [0.05, 0.1) is 11.1 Å². The van der Waals surface area contributed by atoms with Gasteiger partial charge in [-0.05, 0) is 28.8 Å². The number of hydrogen-bond acceptors (Lipinski definition) is 7. The predicted octanol–water partition coefficient (Wildman–Crippen LogP) is 6.88. The van der Waals surface area contributed by atoms with Crippen molar-refractivity contribution >= 4 is 54.3 Å². The zero-order valence-corrected chi connectivity index (χ0v) is 28.7. The maximum atomic E-state index is 10.7. The Bertz CT molecular complexity index is 2580. The Labute approximate surface area is 298 Å². The van der Waals surface area contributed by atoms with Crippen LogP contribution in [0.1, 0.15) is 22.3 Å². The van der Waals surface area contributed by atoms with E-state index in [0.29, 0.717) is 0 Å². The third-order valence-electron chi connectivity index (χ3n) is 8.59. The van der Waals surface area contributed by atoms with E-state index >= 15 is 0 Å². The van der Waals surface area contributed by atoms with Gasteiger partial charge in [-0.2, -0.15) is 35.5 Å². The molecule has 3 aromatic heterocycles. The smallest absolute Gasteiger partial charge is 0.485 e. The Morgan fingerprint density at radius 2 is 1.17 bits per heavy atom. The van der Waals surface area contributed by atoms with Crippen LogP contribution in [0.15, 0.2) is 102 Å². The van der Waals surface area contributed by atoms with Crippen molar-refractivity contribution in [3.8, 4) is 22.5 Å². The van der Waals surface area contributed by atoms with Gasteiger partial charge in [0, 0.05) is 53.4 Å². The minimum atomic E-state index is -6.09. The molecule has 0 saturated heterocycles. The summed E-state index contributed by atoms with van der Waals surface area (Å²) < 4.78 is 129. The van der Waals surface area contributed by atoms with Crippen LogP contribution in [-0.4, -0.2) is 37.0 Å². The Hall–Kier alpha value is -5.10. The van der Waals surface area contributed by atoms with Crippen LogP contribution < -0.4 is 9.13 Å². The number of benzene rings is 3. The van der Waals surface area contributed by atoms with Gasteiger partial charge in [0.2, 0.25) is 11.4 Å². The van der Waals surface area contributed by atoms with Crippen molar-refractivity contribution in [2.75, 3.05) is 0 Å². The summed E-state index contributed by atoms with van der Waals surface area (Å²) in [5.41, 5.74) is 1.22. The van der Waals surface area contributed by atoms with Crippen LogP contribution >= 0.6 is 0 Å². The lowest BCUT2D eigenvalue weighted by atomic mass is 9.85. The largest absolute Gasteiger partial charge is 0.741 e. The highest BCUT2D eigenvalue weighted by atomic mass is 32.2. The van der Waals surface area contributed by atoms with Crippen LogP contribution in [0.4, 0.5) is 26.3 Å². The van der Waals surface area contributed by atoms with Crippen LogP contribution in [0.25, 0.3) is 56.6 Å². The van der Waals surface area contributed by atoms with Crippen LogP contribution in [0, 0.1) is 0 Å². The van der Waals surface area contributed by atoms with Crippen molar-refractivity contribution in [2.24, 2.45) is 0 Å². The van der Waals surface area contributed by atoms with E-state index in [1.54, 1.807) is 0 Å². The molecule has 0 atom stereocenters. The zero-order chi connectivity index (χ0) is 38.3. The molecule has 0 bridgehead atoms. The van der Waals surface area contributed by atoms with Gasteiger partial charge in [-0.1, -0.05) is 60.7 Å². The van der Waals surface area contributed by atoms with Gasteiger partial charge in [0.15, 0.2) is 45.7 Å². The maximum Gasteiger partial charge on any atom is 0.485 e. The lowest BCUT2D eigenvalue weighted by Gasteiger charge is -2.22. The normalized spacial score (nSPS) is 14.0. The molecule has 2 aliphatic rings. The summed E-state index contributed by atoms with van der Waals surface area (Å²) in [6.07, 6.45) is 11.0. The minimum absolute atomic E-state index is 0.933. The maximum absolute atomic E-state index is 10.7. The Balaban J connectivity index is 0.000000254. The first-order chi connectivity index (χ1) is 24.8. The number of aryl methyl sites for hydroxylation is 4. The number of hydrogen-bond donors (Lipinski definition) is 0. The third kappa shape index (κ3) is 7.83. The molecule has 9 nitrogen and oxygen atoms in total. The monoisotopic (exact) mass is 776 g/mol. The van der Waals surface area contributed by atoms with Gasteiger partial charge in [-0.3, -0.25) is 0 Å². The first kappa shape index (κ1) is 37.7. The van der Waals surface area contributed by atoms with Crippen molar-refractivity contribution < 1.29 is 65.8 Å². The Morgan fingerprint density at radius 3 is 1.79 bits per heavy atom. The average molecular weight is 777 g/mol. The number of para-hydroxylation sites is 2. The third-order valence-corrected chi connectivity index (χ3v) is 9.73. The summed E-state index contributed by atoms with van der Waals surface area (Å²) in [6.45, 7) is 2.05. The number of halogens is 6. The SMILES string of the molecule is C(=C\c1cccc2c1oc1ccccc12)/c1cc[n+]2c(c1)-c1c(ccc3c1-c1cccc[n+]1CC3)CC2.O=S(=O)([O-])C(F)(F)F.O=S(=O)([O-])C(F)(F)F. The molecule has 5 heterocycles. The summed E-state index contributed by atoms with van der Waals surface area (Å²) in [5.74, 6) is 0. The molecule has 0 amide bonds. The van der Waals surface area contributed by atoms with Crippen molar-refractivity contribution in [3.63, 3.8) is 0 Å². The van der Waals surface area contributed by atoms with Gasteiger partial charge in [0.1, 0.15) is 11.2 Å². The van der Waals surface area contributed by atoms with Gasteiger partial charge >= 0.3 is 11.0 Å². The lowest BCUT2D eigenvalue weighted by Crippen LogP contribution is -2.43. The van der Waals surface area contributed by atoms with E-state index in [1.807, 2.05) is 12.1 Å². The summed E-state index contributed by atoms with van der Waals surface area (Å²) in [5, 5.41) is 2.33. The molecule has 8 rings (SSSR count). The highest BCUT2D eigenvalue weighted by Gasteiger charge is 2.38. The number of furan rings is 1. The fraction of sp³-hybridized carbons (Fsp3) is 0.167. The van der Waals surface area contributed by atoms with E-state index in [9.17, 15) is 26.3 Å². The standard InChI is InChI=1S/C34H26N2O.2CHF3O3S/c1-2-10-31-27(7-1)28-8-5-6-26(34(28)37-31)12-11-23-15-19-36-21-17-25-14-13-24-16-20-35-18-4-3-9-29(35)32(24)33(25)30(36)22-23;2*2-1(3,4)8(5,6)7/h1-15,18-19,22H,16-17,20-21H2;2*(H,5,6,7)/q+2;;/p-2/b12-11+;;. The Morgan fingerprint density at radius 1 is 0.623 bits per heavy atom. The molecule has 0 N–H and O–H groups in total. The summed E-state index contributed by atoms with van der Waals surface area (Å²) in [6, 6.07) is 30.5. The van der Waals surface area contributed by atoms with Crippen LogP contribution in [0.5, 0.6) is 0 Å². The molecule has 0 spiro atoms. The fourth-order valence-electron chi connectivity index (χ4n) is 6.22. The van der Waals surface area contributed by atoms with Crippen LogP contribution in [-0.2, 0) is 46.2 Å². The molecular formula is C36H26F6N2O7S2. The second-order valence-corrected chi connectivity index (χ2v) is 14.6. The zero-order valence-electron chi connectivity index (χ0n) is 27.1. The molecule has 0 fully saturated rings. The van der Waals surface area contributed by atoms with E-state index in [2.05, 4.69) is 106 Å². The summed E-state index contributed by atoms with van der Waals surface area (Å²) >= 11 is 0. The van der Waals surface area contributed by atoms with Gasteiger partial charge in [-0.25, -0.2) is 16.8 Å². The first-order valence-corrected chi connectivity index (χ1v) is 18.5. The van der Waals surface area contributed by atoms with E-state index in [1.165, 1.54) is 39.2 Å². The highest BCUT2D eigenvalue weighted by Crippen LogP contribution is 2.39. The molecule has 17 heteroatoms. The molecular weight excluding hydrogens is 751 g/mol. The molecule has 0 saturated carbocycles. The van der Waals surface area contributed by atoms with Gasteiger partial charge in [0.25, 0.3) is 0 Å². The number of rotatable bonds is 2. The van der Waals surface area contributed by atoms with Crippen molar-refractivity contribution in [3.05, 3.63) is 120 Å². The second-order valence-electron chi connectivity index (χ2n) is 11.9. The van der Waals surface area contributed by atoms with E-state index < -0.39 is 31.3 Å². The van der Waals surface area contributed by atoms with Crippen LogP contribution in [0.2, 0.25) is 0 Å². The predicted molar refractivity (Wildman–Crippen MR) is 179 cm³/mol. The molecule has 6 aromatic rings. The fourth-order valence-corrected chi connectivity index (χ4v) is 6.22. The number of alkyl halides is 6. The Kier molecular flexibility index (Phi) is 9.97. The number of aromatic nitrogens is 2. The molecule has 276 valence electrons. The van der Waals surface area contributed by atoms with Crippen molar-refractivity contribution in [1.29, 1.82) is 0 Å². The molecule has 0 aliphatic carbocycles. The van der Waals surface area contributed by atoms with E-state index in [0.717, 1.165) is 53.4 Å². The number of pyridine rings is 2. The highest BCUT2D eigenvalue weighted by molar-refractivity contribution is 7.86. The van der Waals surface area contributed by atoms with E-state index in [-0.39, 0.29) is 0 Å². The lowest BCUT2D eigenvalue weighted by molar-refractivity contribution is -0.689. The molecule has 0 radical (unpaired) electrons. The first-order valence-electron chi connectivity index (χ1n) is 15.6. The summed E-state index contributed by atoms with van der Waals surface area (Å²) in [4.78, 5) is 0. The van der Waals surface area contributed by atoms with Crippen molar-refractivity contribution in [1.82, 2.24) is 0 Å². The quantitative estimate of drug-likeness (QED) is 0.0810. The topological polar surface area (TPSA) is 135 Å². The molecule has 53 heavy (non-hydrogen) atoms. The van der Waals surface area contributed by atoms with Gasteiger partial charge < -0.3 is 13.5 Å². The minimum Gasteiger partial charge on any atom is -0.741 e. The number of fused-ring (bicyclic) bond motifs is 10. The van der Waals surface area contributed by atoms with E-state index in [4.69, 9.17) is 30.4 Å². The summed E-state index contributed by atoms with van der Waals surface area (Å²) in [7, 11) is -12.2.